The molecule has 1 heterocycles. The van der Waals surface area contributed by atoms with E-state index in [-0.39, 0.29) is 5.54 Å². The third-order valence-corrected chi connectivity index (χ3v) is 3.56. The molecule has 0 unspecified atom stereocenters. The first kappa shape index (κ1) is 14.9. The molecule has 0 radical (unpaired) electrons. The molecule has 1 aliphatic heterocycles. The molecule has 1 saturated heterocycles. The molecular formula is C14H31N3. The highest BCUT2D eigenvalue weighted by molar-refractivity contribution is 4.74. The van der Waals surface area contributed by atoms with E-state index < -0.39 is 0 Å². The van der Waals surface area contributed by atoms with Crippen molar-refractivity contribution in [1.29, 1.82) is 0 Å². The molecule has 0 aliphatic carbocycles. The van der Waals surface area contributed by atoms with Crippen molar-refractivity contribution < 1.29 is 0 Å². The average molecular weight is 241 g/mol. The molecule has 0 saturated carbocycles. The lowest BCUT2D eigenvalue weighted by Gasteiger charge is -2.32. The number of nitrogens with zero attached hydrogens (tertiary/aromatic N) is 2. The van der Waals surface area contributed by atoms with E-state index in [4.69, 9.17) is 0 Å². The summed E-state index contributed by atoms with van der Waals surface area (Å²) in [6.45, 7) is 12.7. The quantitative estimate of drug-likeness (QED) is 0.789. The van der Waals surface area contributed by atoms with Crippen molar-refractivity contribution in [1.82, 2.24) is 15.1 Å². The van der Waals surface area contributed by atoms with Crippen LogP contribution in [0.15, 0.2) is 0 Å². The standard InChI is InChI=1S/C14H31N3/c1-14(2,3)15-8-11-17(5)12-13-6-9-16(4)10-7-13/h13,15H,6-12H2,1-5H3. The predicted molar refractivity (Wildman–Crippen MR) is 75.5 cm³/mol. The molecule has 0 atom stereocenters. The van der Waals surface area contributed by atoms with Crippen LogP contribution < -0.4 is 5.32 Å². The van der Waals surface area contributed by atoms with Gasteiger partial charge in [-0.25, -0.2) is 0 Å². The molecule has 3 nitrogen and oxygen atoms in total. The van der Waals surface area contributed by atoms with Crippen LogP contribution in [-0.4, -0.2) is 62.2 Å². The van der Waals surface area contributed by atoms with Crippen molar-refractivity contribution in [2.75, 3.05) is 46.8 Å². The zero-order valence-corrected chi connectivity index (χ0v) is 12.4. The normalized spacial score (nSPS) is 20.1. The van der Waals surface area contributed by atoms with Gasteiger partial charge < -0.3 is 15.1 Å². The highest BCUT2D eigenvalue weighted by Gasteiger charge is 2.18. The van der Waals surface area contributed by atoms with Gasteiger partial charge in [-0.3, -0.25) is 0 Å². The van der Waals surface area contributed by atoms with Gasteiger partial charge in [-0.15, -0.1) is 0 Å². The first-order valence-electron chi connectivity index (χ1n) is 6.99. The summed E-state index contributed by atoms with van der Waals surface area (Å²) in [5, 5.41) is 3.55. The molecular weight excluding hydrogens is 210 g/mol. The Morgan fingerprint density at radius 1 is 1.24 bits per heavy atom. The first-order valence-corrected chi connectivity index (χ1v) is 6.99. The topological polar surface area (TPSA) is 18.5 Å². The highest BCUT2D eigenvalue weighted by Crippen LogP contribution is 2.16. The van der Waals surface area contributed by atoms with Gasteiger partial charge >= 0.3 is 0 Å². The third-order valence-electron chi connectivity index (χ3n) is 3.56. The molecule has 17 heavy (non-hydrogen) atoms. The highest BCUT2D eigenvalue weighted by atomic mass is 15.1. The summed E-state index contributed by atoms with van der Waals surface area (Å²) in [5.74, 6) is 0.908. The number of piperidine rings is 1. The number of rotatable bonds is 5. The van der Waals surface area contributed by atoms with Crippen molar-refractivity contribution in [3.8, 4) is 0 Å². The third kappa shape index (κ3) is 7.02. The van der Waals surface area contributed by atoms with Gasteiger partial charge in [0.15, 0.2) is 0 Å². The van der Waals surface area contributed by atoms with E-state index in [0.29, 0.717) is 0 Å². The fourth-order valence-corrected chi connectivity index (χ4v) is 2.40. The molecule has 0 amide bonds. The van der Waals surface area contributed by atoms with Crippen LogP contribution in [0.3, 0.4) is 0 Å². The molecule has 1 fully saturated rings. The Hall–Kier alpha value is -0.120. The Kier molecular flexibility index (Phi) is 5.90. The van der Waals surface area contributed by atoms with Gasteiger partial charge in [0.25, 0.3) is 0 Å². The van der Waals surface area contributed by atoms with Crippen molar-refractivity contribution in [3.63, 3.8) is 0 Å². The molecule has 1 rings (SSSR count). The maximum absolute atomic E-state index is 3.55. The summed E-state index contributed by atoms with van der Waals surface area (Å²) in [4.78, 5) is 4.92. The Morgan fingerprint density at radius 3 is 2.35 bits per heavy atom. The molecule has 1 aliphatic rings. The molecule has 0 aromatic heterocycles. The van der Waals surface area contributed by atoms with Gasteiger partial charge in [0.2, 0.25) is 0 Å². The van der Waals surface area contributed by atoms with Gasteiger partial charge in [0.1, 0.15) is 0 Å². The van der Waals surface area contributed by atoms with Gasteiger partial charge in [0.05, 0.1) is 0 Å². The predicted octanol–water partition coefficient (Wildman–Crippen LogP) is 1.65. The number of hydrogen-bond donors (Lipinski definition) is 1. The fraction of sp³-hybridized carbons (Fsp3) is 1.00. The second-order valence-corrected chi connectivity index (χ2v) is 6.69. The maximum atomic E-state index is 3.55. The average Bonchev–Trinajstić information content (AvgIpc) is 2.19. The summed E-state index contributed by atoms with van der Waals surface area (Å²) >= 11 is 0. The van der Waals surface area contributed by atoms with Crippen LogP contribution in [0.1, 0.15) is 33.6 Å². The van der Waals surface area contributed by atoms with Crippen LogP contribution in [0.25, 0.3) is 0 Å². The maximum Gasteiger partial charge on any atom is 0.0104 e. The summed E-state index contributed by atoms with van der Waals surface area (Å²) in [7, 11) is 4.48. The second kappa shape index (κ2) is 6.72. The monoisotopic (exact) mass is 241 g/mol. The van der Waals surface area contributed by atoms with Crippen LogP contribution in [0.2, 0.25) is 0 Å². The summed E-state index contributed by atoms with van der Waals surface area (Å²) < 4.78 is 0. The van der Waals surface area contributed by atoms with Crippen molar-refractivity contribution in [3.05, 3.63) is 0 Å². The van der Waals surface area contributed by atoms with Crippen molar-refractivity contribution in [2.24, 2.45) is 5.92 Å². The van der Waals surface area contributed by atoms with E-state index in [2.05, 4.69) is 50.0 Å². The van der Waals surface area contributed by atoms with E-state index in [1.54, 1.807) is 0 Å². The summed E-state index contributed by atoms with van der Waals surface area (Å²) in [6, 6.07) is 0. The van der Waals surface area contributed by atoms with Gasteiger partial charge in [0, 0.05) is 25.2 Å². The Bertz CT molecular complexity index is 202. The van der Waals surface area contributed by atoms with Gasteiger partial charge in [-0.2, -0.15) is 0 Å². The first-order chi connectivity index (χ1) is 7.87. The summed E-state index contributed by atoms with van der Waals surface area (Å²) in [6.07, 6.45) is 2.74. The molecule has 0 spiro atoms. The van der Waals surface area contributed by atoms with Gasteiger partial charge in [-0.1, -0.05) is 0 Å². The molecule has 0 aromatic rings. The smallest absolute Gasteiger partial charge is 0.0104 e. The lowest BCUT2D eigenvalue weighted by molar-refractivity contribution is 0.175. The van der Waals surface area contributed by atoms with E-state index in [9.17, 15) is 0 Å². The van der Waals surface area contributed by atoms with Gasteiger partial charge in [-0.05, 0) is 66.7 Å². The Labute approximate surface area is 108 Å². The fourth-order valence-electron chi connectivity index (χ4n) is 2.40. The van der Waals surface area contributed by atoms with Crippen LogP contribution in [0.4, 0.5) is 0 Å². The number of likely N-dealkylation sites (N-methyl/N-ethyl adjacent to an activating group) is 1. The SMILES string of the molecule is CN1CCC(CN(C)CCNC(C)(C)C)CC1. The van der Waals surface area contributed by atoms with Crippen LogP contribution in [0, 0.1) is 5.92 Å². The van der Waals surface area contributed by atoms with E-state index in [1.807, 2.05) is 0 Å². The zero-order valence-electron chi connectivity index (χ0n) is 12.4. The molecule has 0 aromatic carbocycles. The molecule has 102 valence electrons. The Balaban J connectivity index is 2.10. The van der Waals surface area contributed by atoms with Crippen LogP contribution >= 0.6 is 0 Å². The van der Waals surface area contributed by atoms with Crippen molar-refractivity contribution >= 4 is 0 Å². The minimum absolute atomic E-state index is 0.244. The lowest BCUT2D eigenvalue weighted by atomic mass is 9.97. The second-order valence-electron chi connectivity index (χ2n) is 6.69. The molecule has 3 heteroatoms. The minimum Gasteiger partial charge on any atom is -0.311 e. The van der Waals surface area contributed by atoms with Crippen LogP contribution in [0.5, 0.6) is 0 Å². The van der Waals surface area contributed by atoms with E-state index in [1.165, 1.54) is 32.5 Å². The number of hydrogen-bond acceptors (Lipinski definition) is 3. The summed E-state index contributed by atoms with van der Waals surface area (Å²) in [5.41, 5.74) is 0.244. The van der Waals surface area contributed by atoms with E-state index in [0.717, 1.165) is 19.0 Å². The Morgan fingerprint density at radius 2 is 1.82 bits per heavy atom. The molecule has 0 bridgehead atoms. The number of likely N-dealkylation sites (tertiary alicyclic amines) is 1. The van der Waals surface area contributed by atoms with Crippen molar-refractivity contribution in [2.45, 2.75) is 39.2 Å². The van der Waals surface area contributed by atoms with E-state index >= 15 is 0 Å². The lowest BCUT2D eigenvalue weighted by Crippen LogP contribution is -2.42. The zero-order chi connectivity index (χ0) is 12.9. The largest absolute Gasteiger partial charge is 0.311 e. The minimum atomic E-state index is 0.244. The number of nitrogens with one attached hydrogen (secondary N) is 1. The molecule has 1 N–H and O–H groups in total. The van der Waals surface area contributed by atoms with Crippen LogP contribution in [-0.2, 0) is 0 Å².